The predicted octanol–water partition coefficient (Wildman–Crippen LogP) is 3.40. The van der Waals surface area contributed by atoms with Crippen LogP contribution in [0.3, 0.4) is 0 Å². The van der Waals surface area contributed by atoms with Crippen LogP contribution in [0.2, 0.25) is 0 Å². The normalized spacial score (nSPS) is 11.7. The van der Waals surface area contributed by atoms with Crippen molar-refractivity contribution < 1.29 is 17.5 Å². The summed E-state index contributed by atoms with van der Waals surface area (Å²) >= 11 is 0. The van der Waals surface area contributed by atoms with E-state index in [0.717, 1.165) is 17.4 Å². The van der Waals surface area contributed by atoms with E-state index in [1.807, 2.05) is 13.8 Å². The molecule has 0 aliphatic rings. The summed E-state index contributed by atoms with van der Waals surface area (Å²) in [5.74, 6) is 0.281. The van der Waals surface area contributed by atoms with Crippen molar-refractivity contribution in [2.45, 2.75) is 38.3 Å². The van der Waals surface area contributed by atoms with E-state index < -0.39 is 15.8 Å². The average Bonchev–Trinajstić information content (AvgIpc) is 2.45. The van der Waals surface area contributed by atoms with Crippen molar-refractivity contribution >= 4 is 10.0 Å². The summed E-state index contributed by atoms with van der Waals surface area (Å²) in [6.45, 7) is 5.59. The molecule has 124 valence electrons. The van der Waals surface area contributed by atoms with Gasteiger partial charge in [-0.25, -0.2) is 17.5 Å². The number of hydrogen-bond acceptors (Lipinski definition) is 3. The maximum Gasteiger partial charge on any atom is 0.241 e. The van der Waals surface area contributed by atoms with E-state index in [-0.39, 0.29) is 17.5 Å². The molecule has 0 radical (unpaired) electrons. The zero-order valence-electron chi connectivity index (χ0n) is 13.3. The Labute approximate surface area is 136 Å². The van der Waals surface area contributed by atoms with Gasteiger partial charge in [0.25, 0.3) is 0 Å². The van der Waals surface area contributed by atoms with Crippen molar-refractivity contribution in [3.8, 4) is 5.75 Å². The Bertz CT molecular complexity index is 771. The van der Waals surface area contributed by atoms with Gasteiger partial charge in [0, 0.05) is 6.54 Å². The van der Waals surface area contributed by atoms with E-state index in [1.165, 1.54) is 12.1 Å². The van der Waals surface area contributed by atoms with Gasteiger partial charge in [-0.3, -0.25) is 0 Å². The van der Waals surface area contributed by atoms with Gasteiger partial charge in [-0.1, -0.05) is 12.1 Å². The average molecular weight is 337 g/mol. The van der Waals surface area contributed by atoms with Crippen LogP contribution in [0.25, 0.3) is 0 Å². The highest BCUT2D eigenvalue weighted by molar-refractivity contribution is 7.89. The van der Waals surface area contributed by atoms with E-state index in [1.54, 1.807) is 31.2 Å². The van der Waals surface area contributed by atoms with Gasteiger partial charge < -0.3 is 4.74 Å². The SMILES string of the molecule is Cc1cc(F)ccc1S(=O)(=O)NCc1ccc(OC(C)C)cc1. The Kier molecular flexibility index (Phi) is 5.38. The fourth-order valence-corrected chi connectivity index (χ4v) is 3.37. The van der Waals surface area contributed by atoms with Crippen LogP contribution in [-0.4, -0.2) is 14.5 Å². The van der Waals surface area contributed by atoms with Crippen LogP contribution >= 0.6 is 0 Å². The van der Waals surface area contributed by atoms with Gasteiger partial charge >= 0.3 is 0 Å². The third kappa shape index (κ3) is 4.77. The first-order valence-corrected chi connectivity index (χ1v) is 8.77. The molecule has 4 nitrogen and oxygen atoms in total. The maximum absolute atomic E-state index is 13.1. The number of halogens is 1. The number of sulfonamides is 1. The number of aryl methyl sites for hydroxylation is 1. The molecule has 0 saturated carbocycles. The van der Waals surface area contributed by atoms with E-state index >= 15 is 0 Å². The predicted molar refractivity (Wildman–Crippen MR) is 87.4 cm³/mol. The number of ether oxygens (including phenoxy) is 1. The van der Waals surface area contributed by atoms with E-state index in [4.69, 9.17) is 4.74 Å². The fourth-order valence-electron chi connectivity index (χ4n) is 2.13. The van der Waals surface area contributed by atoms with E-state index in [9.17, 15) is 12.8 Å². The van der Waals surface area contributed by atoms with Gasteiger partial charge in [-0.2, -0.15) is 0 Å². The zero-order valence-corrected chi connectivity index (χ0v) is 14.2. The lowest BCUT2D eigenvalue weighted by atomic mass is 10.2. The molecule has 0 saturated heterocycles. The highest BCUT2D eigenvalue weighted by Gasteiger charge is 2.16. The van der Waals surface area contributed by atoms with Crippen molar-refractivity contribution in [1.82, 2.24) is 4.72 Å². The molecule has 0 aliphatic heterocycles. The molecule has 23 heavy (non-hydrogen) atoms. The molecule has 0 fully saturated rings. The standard InChI is InChI=1S/C17H20FNO3S/c1-12(2)22-16-7-4-14(5-8-16)11-19-23(20,21)17-9-6-15(18)10-13(17)3/h4-10,12,19H,11H2,1-3H3. The molecule has 2 rings (SSSR count). The molecule has 6 heteroatoms. The van der Waals surface area contributed by atoms with Crippen LogP contribution in [0.15, 0.2) is 47.4 Å². The van der Waals surface area contributed by atoms with Gasteiger partial charge in [0.15, 0.2) is 0 Å². The molecule has 0 aromatic heterocycles. The molecular formula is C17H20FNO3S. The fraction of sp³-hybridized carbons (Fsp3) is 0.294. The Morgan fingerprint density at radius 3 is 2.35 bits per heavy atom. The molecule has 1 N–H and O–H groups in total. The minimum absolute atomic E-state index is 0.0821. The lowest BCUT2D eigenvalue weighted by molar-refractivity contribution is 0.242. The topological polar surface area (TPSA) is 55.4 Å². The van der Waals surface area contributed by atoms with Crippen molar-refractivity contribution in [3.63, 3.8) is 0 Å². The van der Waals surface area contributed by atoms with E-state index in [0.29, 0.717) is 5.56 Å². The van der Waals surface area contributed by atoms with Crippen LogP contribution in [0.5, 0.6) is 5.75 Å². The summed E-state index contributed by atoms with van der Waals surface area (Å²) in [5.41, 5.74) is 1.18. The second kappa shape index (κ2) is 7.10. The minimum atomic E-state index is -3.68. The first-order chi connectivity index (χ1) is 10.8. The third-order valence-corrected chi connectivity index (χ3v) is 4.75. The summed E-state index contributed by atoms with van der Waals surface area (Å²) in [6, 6.07) is 10.8. The highest BCUT2D eigenvalue weighted by atomic mass is 32.2. The van der Waals surface area contributed by atoms with Crippen molar-refractivity contribution in [3.05, 3.63) is 59.4 Å². The molecule has 2 aromatic carbocycles. The minimum Gasteiger partial charge on any atom is -0.491 e. The molecule has 0 unspecified atom stereocenters. The van der Waals surface area contributed by atoms with Gasteiger partial charge in [0.2, 0.25) is 10.0 Å². The van der Waals surface area contributed by atoms with Crippen LogP contribution < -0.4 is 9.46 Å². The van der Waals surface area contributed by atoms with Gasteiger partial charge in [0.1, 0.15) is 11.6 Å². The molecular weight excluding hydrogens is 317 g/mol. The second-order valence-electron chi connectivity index (χ2n) is 5.54. The second-order valence-corrected chi connectivity index (χ2v) is 7.28. The van der Waals surface area contributed by atoms with Crippen LogP contribution in [0.1, 0.15) is 25.0 Å². The van der Waals surface area contributed by atoms with E-state index in [2.05, 4.69) is 4.72 Å². The molecule has 0 spiro atoms. The molecule has 2 aromatic rings. The van der Waals surface area contributed by atoms with Gasteiger partial charge in [0.05, 0.1) is 11.0 Å². The summed E-state index contributed by atoms with van der Waals surface area (Å²) in [7, 11) is -3.68. The third-order valence-electron chi connectivity index (χ3n) is 3.19. The maximum atomic E-state index is 13.1. The zero-order chi connectivity index (χ0) is 17.0. The molecule has 0 atom stereocenters. The monoisotopic (exact) mass is 337 g/mol. The van der Waals surface area contributed by atoms with Crippen molar-refractivity contribution in [2.24, 2.45) is 0 Å². The highest BCUT2D eigenvalue weighted by Crippen LogP contribution is 2.17. The molecule has 0 bridgehead atoms. The first kappa shape index (κ1) is 17.4. The quantitative estimate of drug-likeness (QED) is 0.879. The Balaban J connectivity index is 2.07. The summed E-state index contributed by atoms with van der Waals surface area (Å²) in [4.78, 5) is 0.0821. The first-order valence-electron chi connectivity index (χ1n) is 7.29. The Hall–Kier alpha value is -1.92. The molecule has 0 amide bonds. The number of hydrogen-bond donors (Lipinski definition) is 1. The van der Waals surface area contributed by atoms with Crippen LogP contribution in [0.4, 0.5) is 4.39 Å². The molecule has 0 aliphatic carbocycles. The number of benzene rings is 2. The van der Waals surface area contributed by atoms with Gasteiger partial charge in [-0.15, -0.1) is 0 Å². The van der Waals surface area contributed by atoms with Crippen LogP contribution in [0, 0.1) is 12.7 Å². The Morgan fingerprint density at radius 2 is 1.78 bits per heavy atom. The smallest absolute Gasteiger partial charge is 0.241 e. The summed E-state index contributed by atoms with van der Waals surface area (Å²) in [5, 5.41) is 0. The van der Waals surface area contributed by atoms with Crippen molar-refractivity contribution in [2.75, 3.05) is 0 Å². The van der Waals surface area contributed by atoms with Crippen molar-refractivity contribution in [1.29, 1.82) is 0 Å². The molecule has 0 heterocycles. The van der Waals surface area contributed by atoms with Crippen LogP contribution in [-0.2, 0) is 16.6 Å². The lowest BCUT2D eigenvalue weighted by Crippen LogP contribution is -2.24. The number of nitrogens with one attached hydrogen (secondary N) is 1. The summed E-state index contributed by atoms with van der Waals surface area (Å²) in [6.07, 6.45) is 0.0841. The lowest BCUT2D eigenvalue weighted by Gasteiger charge is -2.11. The van der Waals surface area contributed by atoms with Gasteiger partial charge in [-0.05, 0) is 62.2 Å². The number of rotatable bonds is 6. The summed E-state index contributed by atoms with van der Waals surface area (Å²) < 4.78 is 45.7. The largest absolute Gasteiger partial charge is 0.491 e. The Morgan fingerprint density at radius 1 is 1.13 bits per heavy atom.